The van der Waals surface area contributed by atoms with Gasteiger partial charge in [0, 0.05) is 0 Å². The van der Waals surface area contributed by atoms with E-state index >= 15 is 4.39 Å². The van der Waals surface area contributed by atoms with Crippen LogP contribution in [0.25, 0.3) is 0 Å². The highest BCUT2D eigenvalue weighted by molar-refractivity contribution is 5.84. The van der Waals surface area contributed by atoms with Crippen molar-refractivity contribution in [3.8, 4) is 0 Å². The number of nitrogens with two attached hydrogens (primary N) is 1. The van der Waals surface area contributed by atoms with E-state index in [0.29, 0.717) is 5.57 Å². The van der Waals surface area contributed by atoms with Crippen molar-refractivity contribution in [3.63, 3.8) is 0 Å². The molecule has 0 aromatic heterocycles. The molecule has 2 nitrogen and oxygen atoms in total. The summed E-state index contributed by atoms with van der Waals surface area (Å²) in [5.41, 5.74) is 3.97. The van der Waals surface area contributed by atoms with Crippen LogP contribution in [0.5, 0.6) is 0 Å². The van der Waals surface area contributed by atoms with E-state index < -0.39 is 29.2 Å². The molecule has 0 aromatic rings. The van der Waals surface area contributed by atoms with Crippen LogP contribution in [0.2, 0.25) is 0 Å². The molecule has 17 heavy (non-hydrogen) atoms. The molecular weight excluding hydrogens is 222 g/mol. The molecule has 0 aliphatic heterocycles. The van der Waals surface area contributed by atoms with Crippen molar-refractivity contribution in [2.24, 2.45) is 23.5 Å². The quantitative estimate of drug-likeness (QED) is 0.578. The van der Waals surface area contributed by atoms with E-state index in [1.165, 1.54) is 12.2 Å². The molecule has 4 heteroatoms. The molecule has 1 rings (SSSR count). The van der Waals surface area contributed by atoms with Crippen LogP contribution in [0.4, 0.5) is 8.78 Å². The van der Waals surface area contributed by atoms with Crippen LogP contribution in [0.15, 0.2) is 23.6 Å². The number of nitrogens with one attached hydrogen (secondary N) is 1. The third-order valence-electron chi connectivity index (χ3n) is 3.33. The fraction of sp³-hybridized carbons (Fsp3) is 0.615. The number of allylic oxidation sites excluding steroid dienone is 3. The zero-order chi connectivity index (χ0) is 13.4. The molecule has 0 spiro atoms. The Bertz CT molecular complexity index is 383. The highest BCUT2D eigenvalue weighted by Crippen LogP contribution is 2.46. The summed E-state index contributed by atoms with van der Waals surface area (Å²) >= 11 is 0. The van der Waals surface area contributed by atoms with Crippen LogP contribution in [0.1, 0.15) is 27.7 Å². The lowest BCUT2D eigenvalue weighted by Crippen LogP contribution is -2.49. The molecule has 2 atom stereocenters. The SMILES string of the molecule is CC(C)C1=CC=C(F)C(C(=N)N)C1(F)C(C)C. The van der Waals surface area contributed by atoms with Gasteiger partial charge in [0.2, 0.25) is 0 Å². The summed E-state index contributed by atoms with van der Waals surface area (Å²) in [7, 11) is 0. The molecule has 0 heterocycles. The molecule has 3 N–H and O–H groups in total. The third kappa shape index (κ3) is 2.13. The second-order valence-corrected chi connectivity index (χ2v) is 5.14. The van der Waals surface area contributed by atoms with E-state index in [-0.39, 0.29) is 5.92 Å². The predicted molar refractivity (Wildman–Crippen MR) is 66.2 cm³/mol. The second kappa shape index (κ2) is 4.59. The highest BCUT2D eigenvalue weighted by Gasteiger charge is 2.51. The topological polar surface area (TPSA) is 49.9 Å². The lowest BCUT2D eigenvalue weighted by Gasteiger charge is -2.41. The van der Waals surface area contributed by atoms with E-state index in [2.05, 4.69) is 0 Å². The Hall–Kier alpha value is -1.19. The summed E-state index contributed by atoms with van der Waals surface area (Å²) in [6.07, 6.45) is 2.71. The van der Waals surface area contributed by atoms with E-state index in [1.807, 2.05) is 13.8 Å². The first-order chi connectivity index (χ1) is 7.72. The zero-order valence-corrected chi connectivity index (χ0v) is 10.7. The van der Waals surface area contributed by atoms with E-state index in [4.69, 9.17) is 11.1 Å². The number of halogens is 2. The zero-order valence-electron chi connectivity index (χ0n) is 10.7. The fourth-order valence-corrected chi connectivity index (χ4v) is 2.44. The van der Waals surface area contributed by atoms with Gasteiger partial charge >= 0.3 is 0 Å². The maximum absolute atomic E-state index is 15.2. The molecule has 2 unspecified atom stereocenters. The van der Waals surface area contributed by atoms with Gasteiger partial charge in [-0.25, -0.2) is 8.78 Å². The molecule has 0 saturated carbocycles. The van der Waals surface area contributed by atoms with Crippen LogP contribution >= 0.6 is 0 Å². The first-order valence-corrected chi connectivity index (χ1v) is 5.83. The largest absolute Gasteiger partial charge is 0.387 e. The Morgan fingerprint density at radius 3 is 2.24 bits per heavy atom. The van der Waals surface area contributed by atoms with Gasteiger partial charge in [0.15, 0.2) is 5.67 Å². The van der Waals surface area contributed by atoms with Crippen LogP contribution in [-0.4, -0.2) is 11.5 Å². The van der Waals surface area contributed by atoms with Gasteiger partial charge in [0.25, 0.3) is 0 Å². The number of hydrogen-bond donors (Lipinski definition) is 2. The van der Waals surface area contributed by atoms with E-state index in [1.54, 1.807) is 13.8 Å². The maximum atomic E-state index is 15.2. The summed E-state index contributed by atoms with van der Waals surface area (Å²) in [5.74, 6) is -2.90. The highest BCUT2D eigenvalue weighted by atomic mass is 19.2. The van der Waals surface area contributed by atoms with Crippen LogP contribution in [-0.2, 0) is 0 Å². The average molecular weight is 242 g/mol. The normalized spacial score (nSPS) is 29.3. The standard InChI is InChI=1S/C13H20F2N2/c1-7(2)9-5-6-10(14)11(12(16)17)13(9,15)8(3)4/h5-8,11H,1-4H3,(H3,16,17). The molecule has 1 aliphatic carbocycles. The van der Waals surface area contributed by atoms with Crippen molar-refractivity contribution in [2.75, 3.05) is 0 Å². The first kappa shape index (κ1) is 13.9. The van der Waals surface area contributed by atoms with Crippen molar-refractivity contribution < 1.29 is 8.78 Å². The molecule has 1 aliphatic rings. The Morgan fingerprint density at radius 1 is 1.35 bits per heavy atom. The summed E-state index contributed by atoms with van der Waals surface area (Å²) < 4.78 is 29.0. The minimum absolute atomic E-state index is 0.0476. The molecule has 0 bridgehead atoms. The van der Waals surface area contributed by atoms with Crippen LogP contribution in [0, 0.1) is 23.2 Å². The Balaban J connectivity index is 3.38. The van der Waals surface area contributed by atoms with Crippen molar-refractivity contribution in [1.29, 1.82) is 5.41 Å². The van der Waals surface area contributed by atoms with Gasteiger partial charge in [0.1, 0.15) is 17.6 Å². The van der Waals surface area contributed by atoms with Gasteiger partial charge in [-0.3, -0.25) is 5.41 Å². The Labute approximate surface area is 101 Å². The van der Waals surface area contributed by atoms with Gasteiger partial charge in [-0.1, -0.05) is 33.8 Å². The van der Waals surface area contributed by atoms with Crippen LogP contribution in [0.3, 0.4) is 0 Å². The van der Waals surface area contributed by atoms with Crippen molar-refractivity contribution in [2.45, 2.75) is 33.4 Å². The van der Waals surface area contributed by atoms with Crippen LogP contribution < -0.4 is 5.73 Å². The third-order valence-corrected chi connectivity index (χ3v) is 3.33. The number of amidine groups is 1. The number of rotatable bonds is 3. The monoisotopic (exact) mass is 242 g/mol. The Morgan fingerprint density at radius 2 is 1.88 bits per heavy atom. The summed E-state index contributed by atoms with van der Waals surface area (Å²) in [6, 6.07) is 0. The summed E-state index contributed by atoms with van der Waals surface area (Å²) in [6.45, 7) is 7.09. The predicted octanol–water partition coefficient (Wildman–Crippen LogP) is 3.35. The fourth-order valence-electron chi connectivity index (χ4n) is 2.44. The van der Waals surface area contributed by atoms with Crippen molar-refractivity contribution in [3.05, 3.63) is 23.6 Å². The van der Waals surface area contributed by atoms with Gasteiger partial charge in [0.05, 0.1) is 0 Å². The smallest absolute Gasteiger partial charge is 0.150 e. The molecule has 0 aromatic carbocycles. The van der Waals surface area contributed by atoms with Gasteiger partial charge in [-0.2, -0.15) is 0 Å². The second-order valence-electron chi connectivity index (χ2n) is 5.14. The first-order valence-electron chi connectivity index (χ1n) is 5.83. The van der Waals surface area contributed by atoms with E-state index in [9.17, 15) is 4.39 Å². The number of hydrogen-bond acceptors (Lipinski definition) is 1. The maximum Gasteiger partial charge on any atom is 0.150 e. The number of alkyl halides is 1. The lowest BCUT2D eigenvalue weighted by molar-refractivity contribution is 0.0924. The van der Waals surface area contributed by atoms with Crippen molar-refractivity contribution in [1.82, 2.24) is 0 Å². The summed E-state index contributed by atoms with van der Waals surface area (Å²) in [5, 5.41) is 7.43. The van der Waals surface area contributed by atoms with E-state index in [0.717, 1.165) is 0 Å². The molecule has 0 radical (unpaired) electrons. The minimum atomic E-state index is -1.90. The van der Waals surface area contributed by atoms with Gasteiger partial charge in [-0.15, -0.1) is 0 Å². The van der Waals surface area contributed by atoms with Gasteiger partial charge < -0.3 is 5.73 Å². The average Bonchev–Trinajstić information content (AvgIpc) is 2.15. The lowest BCUT2D eigenvalue weighted by atomic mass is 9.68. The Kier molecular flexibility index (Phi) is 3.74. The molecule has 0 fully saturated rings. The molecule has 0 saturated heterocycles. The summed E-state index contributed by atoms with van der Waals surface area (Å²) in [4.78, 5) is 0. The van der Waals surface area contributed by atoms with Crippen molar-refractivity contribution >= 4 is 5.84 Å². The van der Waals surface area contributed by atoms with Gasteiger partial charge in [-0.05, 0) is 23.5 Å². The minimum Gasteiger partial charge on any atom is -0.387 e. The molecular formula is C13H20F2N2. The molecule has 0 amide bonds. The molecule has 96 valence electrons.